The van der Waals surface area contributed by atoms with E-state index in [9.17, 15) is 4.79 Å². The number of benzene rings is 1. The molecule has 0 aliphatic rings. The van der Waals surface area contributed by atoms with E-state index in [1.54, 1.807) is 27.9 Å². The van der Waals surface area contributed by atoms with Gasteiger partial charge in [-0.25, -0.2) is 9.78 Å². The SMILES string of the molecule is COc1ccc(Nc2nc(Nc3cnn(C(=O)OC(C)(C)C)c3)ncc2N)cc1. The van der Waals surface area contributed by atoms with Crippen LogP contribution in [-0.2, 0) is 4.74 Å². The molecule has 29 heavy (non-hydrogen) atoms. The molecular weight excluding hydrogens is 374 g/mol. The van der Waals surface area contributed by atoms with Crippen LogP contribution < -0.4 is 21.1 Å². The van der Waals surface area contributed by atoms with Crippen molar-refractivity contribution in [1.82, 2.24) is 19.7 Å². The van der Waals surface area contributed by atoms with Crippen LogP contribution in [0.1, 0.15) is 20.8 Å². The molecule has 0 fully saturated rings. The zero-order chi connectivity index (χ0) is 21.0. The molecule has 0 saturated carbocycles. The zero-order valence-electron chi connectivity index (χ0n) is 16.6. The predicted molar refractivity (Wildman–Crippen MR) is 110 cm³/mol. The van der Waals surface area contributed by atoms with Crippen LogP contribution in [-0.4, -0.2) is 38.6 Å². The fourth-order valence-electron chi connectivity index (χ4n) is 2.29. The van der Waals surface area contributed by atoms with Gasteiger partial charge in [0, 0.05) is 5.69 Å². The topological polar surface area (TPSA) is 129 Å². The van der Waals surface area contributed by atoms with Crippen LogP contribution in [0.2, 0.25) is 0 Å². The van der Waals surface area contributed by atoms with Gasteiger partial charge in [0.05, 0.1) is 37.1 Å². The molecule has 0 spiro atoms. The van der Waals surface area contributed by atoms with E-state index in [2.05, 4.69) is 25.7 Å². The lowest BCUT2D eigenvalue weighted by Crippen LogP contribution is -2.27. The Morgan fingerprint density at radius 2 is 1.83 bits per heavy atom. The van der Waals surface area contributed by atoms with E-state index >= 15 is 0 Å². The lowest BCUT2D eigenvalue weighted by Gasteiger charge is -2.18. The summed E-state index contributed by atoms with van der Waals surface area (Å²) >= 11 is 0. The Labute approximate surface area is 168 Å². The second-order valence-corrected chi connectivity index (χ2v) is 7.13. The Morgan fingerprint density at radius 3 is 2.48 bits per heavy atom. The summed E-state index contributed by atoms with van der Waals surface area (Å²) < 4.78 is 11.5. The molecule has 0 aliphatic heterocycles. The molecule has 152 valence electrons. The van der Waals surface area contributed by atoms with E-state index < -0.39 is 11.7 Å². The lowest BCUT2D eigenvalue weighted by molar-refractivity contribution is 0.0514. The van der Waals surface area contributed by atoms with Gasteiger partial charge in [0.1, 0.15) is 11.4 Å². The van der Waals surface area contributed by atoms with Crippen molar-refractivity contribution in [2.45, 2.75) is 26.4 Å². The first-order chi connectivity index (χ1) is 13.7. The number of anilines is 5. The van der Waals surface area contributed by atoms with Gasteiger partial charge in [-0.15, -0.1) is 0 Å². The Balaban J connectivity index is 1.72. The quantitative estimate of drug-likeness (QED) is 0.592. The summed E-state index contributed by atoms with van der Waals surface area (Å²) in [5.41, 5.74) is 7.06. The van der Waals surface area contributed by atoms with Crippen molar-refractivity contribution in [2.24, 2.45) is 0 Å². The van der Waals surface area contributed by atoms with Crippen LogP contribution in [0.25, 0.3) is 0 Å². The van der Waals surface area contributed by atoms with Gasteiger partial charge in [0.15, 0.2) is 5.82 Å². The first-order valence-electron chi connectivity index (χ1n) is 8.82. The number of aromatic nitrogens is 4. The van der Waals surface area contributed by atoms with Crippen molar-refractivity contribution in [1.29, 1.82) is 0 Å². The number of hydrogen-bond donors (Lipinski definition) is 3. The van der Waals surface area contributed by atoms with E-state index in [0.29, 0.717) is 23.1 Å². The zero-order valence-corrected chi connectivity index (χ0v) is 16.6. The van der Waals surface area contributed by atoms with Gasteiger partial charge in [-0.05, 0) is 45.0 Å². The molecular formula is C19H23N7O3. The molecule has 0 amide bonds. The van der Waals surface area contributed by atoms with Crippen LogP contribution in [0.15, 0.2) is 42.9 Å². The van der Waals surface area contributed by atoms with E-state index in [0.717, 1.165) is 16.1 Å². The number of ether oxygens (including phenoxy) is 2. The van der Waals surface area contributed by atoms with Gasteiger partial charge >= 0.3 is 6.09 Å². The minimum Gasteiger partial charge on any atom is -0.497 e. The van der Waals surface area contributed by atoms with Gasteiger partial charge in [0.25, 0.3) is 0 Å². The minimum atomic E-state index is -0.612. The molecule has 4 N–H and O–H groups in total. The molecule has 3 aromatic rings. The number of nitrogen functional groups attached to an aromatic ring is 1. The summed E-state index contributed by atoms with van der Waals surface area (Å²) in [6.45, 7) is 5.35. The summed E-state index contributed by atoms with van der Waals surface area (Å²) in [6, 6.07) is 7.34. The molecule has 10 nitrogen and oxygen atoms in total. The van der Waals surface area contributed by atoms with E-state index in [-0.39, 0.29) is 0 Å². The molecule has 1 aromatic carbocycles. The van der Waals surface area contributed by atoms with Crippen LogP contribution in [0.3, 0.4) is 0 Å². The highest BCUT2D eigenvalue weighted by Gasteiger charge is 2.18. The third kappa shape index (κ3) is 5.34. The van der Waals surface area contributed by atoms with Crippen molar-refractivity contribution >= 4 is 34.9 Å². The Kier molecular flexibility index (Phi) is 5.53. The second-order valence-electron chi connectivity index (χ2n) is 7.13. The first-order valence-corrected chi connectivity index (χ1v) is 8.82. The van der Waals surface area contributed by atoms with E-state index in [1.165, 1.54) is 18.6 Å². The molecule has 2 aromatic heterocycles. The van der Waals surface area contributed by atoms with Crippen molar-refractivity contribution in [3.05, 3.63) is 42.9 Å². The van der Waals surface area contributed by atoms with E-state index in [1.807, 2.05) is 24.3 Å². The number of rotatable bonds is 5. The van der Waals surface area contributed by atoms with Gasteiger partial charge in [-0.3, -0.25) is 0 Å². The highest BCUT2D eigenvalue weighted by atomic mass is 16.6. The van der Waals surface area contributed by atoms with Crippen molar-refractivity contribution < 1.29 is 14.3 Å². The van der Waals surface area contributed by atoms with E-state index in [4.69, 9.17) is 15.2 Å². The van der Waals surface area contributed by atoms with Crippen LogP contribution >= 0.6 is 0 Å². The average Bonchev–Trinajstić information content (AvgIpc) is 3.12. The van der Waals surface area contributed by atoms with Gasteiger partial charge in [-0.1, -0.05) is 0 Å². The third-order valence-corrected chi connectivity index (χ3v) is 3.59. The Bertz CT molecular complexity index is 994. The summed E-state index contributed by atoms with van der Waals surface area (Å²) in [5, 5.41) is 10.1. The van der Waals surface area contributed by atoms with Crippen LogP contribution in [0.4, 0.5) is 33.6 Å². The van der Waals surface area contributed by atoms with Crippen LogP contribution in [0.5, 0.6) is 5.75 Å². The molecule has 0 atom stereocenters. The smallest absolute Gasteiger partial charge is 0.435 e. The largest absolute Gasteiger partial charge is 0.497 e. The van der Waals surface area contributed by atoms with Crippen molar-refractivity contribution in [3.8, 4) is 5.75 Å². The summed E-state index contributed by atoms with van der Waals surface area (Å²) in [6.07, 6.45) is 3.87. The normalized spacial score (nSPS) is 11.0. The molecule has 0 radical (unpaired) electrons. The number of nitrogens with two attached hydrogens (primary N) is 1. The number of nitrogens with zero attached hydrogens (tertiary/aromatic N) is 4. The van der Waals surface area contributed by atoms with Gasteiger partial charge < -0.3 is 25.8 Å². The number of nitrogens with one attached hydrogen (secondary N) is 2. The molecule has 10 heteroatoms. The Hall–Kier alpha value is -3.82. The minimum absolute atomic E-state index is 0.291. The molecule has 0 saturated heterocycles. The van der Waals surface area contributed by atoms with Gasteiger partial charge in [0.2, 0.25) is 5.95 Å². The first kappa shape index (κ1) is 19.9. The number of carbonyl (C=O) groups excluding carboxylic acids is 1. The Morgan fingerprint density at radius 1 is 1.10 bits per heavy atom. The molecule has 0 bridgehead atoms. The molecule has 0 aliphatic carbocycles. The highest BCUT2D eigenvalue weighted by molar-refractivity contribution is 5.72. The number of hydrogen-bond acceptors (Lipinski definition) is 9. The number of carbonyl (C=O) groups is 1. The molecule has 2 heterocycles. The maximum Gasteiger partial charge on any atom is 0.435 e. The van der Waals surface area contributed by atoms with Crippen molar-refractivity contribution in [3.63, 3.8) is 0 Å². The monoisotopic (exact) mass is 397 g/mol. The third-order valence-electron chi connectivity index (χ3n) is 3.59. The maximum absolute atomic E-state index is 12.1. The van der Waals surface area contributed by atoms with Crippen LogP contribution in [0, 0.1) is 0 Å². The average molecular weight is 397 g/mol. The molecule has 0 unspecified atom stereocenters. The fraction of sp³-hybridized carbons (Fsp3) is 0.263. The molecule has 3 rings (SSSR count). The highest BCUT2D eigenvalue weighted by Crippen LogP contribution is 2.24. The predicted octanol–water partition coefficient (Wildman–Crippen LogP) is 3.53. The maximum atomic E-state index is 12.1. The standard InChI is InChI=1S/C19H23N7O3/c1-19(2,3)29-18(27)26-11-13(9-22-26)24-17-21-10-15(20)16(25-17)23-12-5-7-14(28-4)8-6-12/h5-11H,20H2,1-4H3,(H2,21,23,24,25). The second kappa shape index (κ2) is 8.05. The summed E-state index contributed by atoms with van der Waals surface area (Å²) in [7, 11) is 1.60. The van der Waals surface area contributed by atoms with Crippen molar-refractivity contribution in [2.75, 3.05) is 23.5 Å². The number of methoxy groups -OCH3 is 1. The fourth-order valence-corrected chi connectivity index (χ4v) is 2.29. The summed E-state index contributed by atoms with van der Waals surface area (Å²) in [4.78, 5) is 20.6. The van der Waals surface area contributed by atoms with Gasteiger partial charge in [-0.2, -0.15) is 14.8 Å². The summed E-state index contributed by atoms with van der Waals surface area (Å²) in [5.74, 6) is 1.47. The lowest BCUT2D eigenvalue weighted by atomic mass is 10.2.